The van der Waals surface area contributed by atoms with E-state index in [2.05, 4.69) is 32.1 Å². The van der Waals surface area contributed by atoms with Crippen molar-refractivity contribution in [1.29, 1.82) is 0 Å². The molecule has 5 N–H and O–H groups in total. The topological polar surface area (TPSA) is 148 Å². The molecule has 0 saturated carbocycles. The van der Waals surface area contributed by atoms with E-state index >= 15 is 0 Å². The van der Waals surface area contributed by atoms with Crippen LogP contribution in [0.1, 0.15) is 17.6 Å². The number of amides is 1. The number of nitrogens with one attached hydrogen (secondary N) is 1. The molecule has 3 heterocycles. The van der Waals surface area contributed by atoms with E-state index in [9.17, 15) is 15.0 Å². The van der Waals surface area contributed by atoms with E-state index in [4.69, 9.17) is 10.5 Å². The highest BCUT2D eigenvalue weighted by molar-refractivity contribution is 5.83. The van der Waals surface area contributed by atoms with Gasteiger partial charge in [0.1, 0.15) is 17.7 Å². The first-order valence-corrected chi connectivity index (χ1v) is 8.80. The lowest BCUT2D eigenvalue weighted by molar-refractivity contribution is -0.137. The molecule has 1 aliphatic heterocycles. The number of nitrogens with zero attached hydrogens (tertiary/aromatic N) is 4. The Labute approximate surface area is 165 Å². The fraction of sp³-hybridized carbons (Fsp3) is 0.263. The van der Waals surface area contributed by atoms with Crippen molar-refractivity contribution in [3.63, 3.8) is 0 Å². The third-order valence-corrected chi connectivity index (χ3v) is 4.56. The number of carbonyl (C=O) groups excluding carboxylic acids is 1. The van der Waals surface area contributed by atoms with Crippen molar-refractivity contribution >= 4 is 22.9 Å². The van der Waals surface area contributed by atoms with Crippen LogP contribution < -0.4 is 11.1 Å². The number of fused-ring (bicyclic) bond motifs is 1. The molecule has 1 saturated heterocycles. The van der Waals surface area contributed by atoms with E-state index in [0.29, 0.717) is 5.52 Å². The van der Waals surface area contributed by atoms with Gasteiger partial charge < -0.3 is 26.0 Å². The maximum absolute atomic E-state index is 11.9. The number of nitrogen functional groups attached to an aromatic ring is 1. The molecule has 148 valence electrons. The second-order valence-electron chi connectivity index (χ2n) is 6.42. The molecule has 0 aliphatic carbocycles. The molecule has 29 heavy (non-hydrogen) atoms. The van der Waals surface area contributed by atoms with Gasteiger partial charge in [-0.15, -0.1) is 0 Å². The summed E-state index contributed by atoms with van der Waals surface area (Å²) in [6.45, 7) is 0. The number of nitrogens with two attached hydrogens (primary N) is 1. The van der Waals surface area contributed by atoms with Crippen LogP contribution in [0, 0.1) is 11.8 Å². The second-order valence-corrected chi connectivity index (χ2v) is 6.42. The number of aliphatic hydroxyl groups is 2. The monoisotopic (exact) mass is 394 g/mol. The summed E-state index contributed by atoms with van der Waals surface area (Å²) in [7, 11) is 1.41. The SMILES string of the molecule is CNC(=O)[C@H]1O[C@@H](n2cnc3c(N)nc(C#Cc4ccccc4)nc32)[C@H](O)[C@@H]1O. The number of benzene rings is 1. The summed E-state index contributed by atoms with van der Waals surface area (Å²) < 4.78 is 6.97. The van der Waals surface area contributed by atoms with Gasteiger partial charge >= 0.3 is 0 Å². The average Bonchev–Trinajstić information content (AvgIpc) is 3.28. The first-order chi connectivity index (χ1) is 14.0. The fourth-order valence-electron chi connectivity index (χ4n) is 3.08. The van der Waals surface area contributed by atoms with E-state index in [1.165, 1.54) is 17.9 Å². The summed E-state index contributed by atoms with van der Waals surface area (Å²) in [6.07, 6.45) is -3.73. The number of anilines is 1. The van der Waals surface area contributed by atoms with Gasteiger partial charge in [-0.25, -0.2) is 15.0 Å². The fourth-order valence-corrected chi connectivity index (χ4v) is 3.08. The predicted molar refractivity (Wildman–Crippen MR) is 102 cm³/mol. The molecule has 0 bridgehead atoms. The van der Waals surface area contributed by atoms with Gasteiger partial charge in [0, 0.05) is 12.6 Å². The Morgan fingerprint density at radius 3 is 2.69 bits per heavy atom. The first kappa shape index (κ1) is 18.8. The zero-order valence-corrected chi connectivity index (χ0v) is 15.4. The van der Waals surface area contributed by atoms with Crippen LogP contribution in [0.3, 0.4) is 0 Å². The number of ether oxygens (including phenoxy) is 1. The first-order valence-electron chi connectivity index (χ1n) is 8.80. The lowest BCUT2D eigenvalue weighted by Gasteiger charge is -2.16. The van der Waals surface area contributed by atoms with Crippen LogP contribution in [0.25, 0.3) is 11.2 Å². The highest BCUT2D eigenvalue weighted by Crippen LogP contribution is 2.32. The molecular weight excluding hydrogens is 376 g/mol. The van der Waals surface area contributed by atoms with E-state index < -0.39 is 30.4 Å². The second kappa shape index (κ2) is 7.48. The van der Waals surface area contributed by atoms with Gasteiger partial charge in [-0.3, -0.25) is 9.36 Å². The summed E-state index contributed by atoms with van der Waals surface area (Å²) in [6, 6.07) is 9.32. The van der Waals surface area contributed by atoms with Crippen LogP contribution >= 0.6 is 0 Å². The molecule has 0 radical (unpaired) electrons. The molecule has 10 nitrogen and oxygen atoms in total. The molecule has 2 aromatic heterocycles. The molecule has 10 heteroatoms. The molecule has 0 spiro atoms. The molecule has 1 fully saturated rings. The molecule has 1 aromatic carbocycles. The van der Waals surface area contributed by atoms with Crippen LogP contribution in [0.2, 0.25) is 0 Å². The number of carbonyl (C=O) groups is 1. The maximum Gasteiger partial charge on any atom is 0.251 e. The number of likely N-dealkylation sites (N-methyl/N-ethyl adjacent to an activating group) is 1. The molecule has 0 unspecified atom stereocenters. The quantitative estimate of drug-likeness (QED) is 0.412. The maximum atomic E-state index is 11.9. The van der Waals surface area contributed by atoms with Gasteiger partial charge in [-0.2, -0.15) is 0 Å². The Balaban J connectivity index is 1.72. The largest absolute Gasteiger partial charge is 0.387 e. The van der Waals surface area contributed by atoms with Crippen LogP contribution in [-0.2, 0) is 9.53 Å². The minimum absolute atomic E-state index is 0.113. The van der Waals surface area contributed by atoms with Crippen molar-refractivity contribution in [3.8, 4) is 11.8 Å². The Kier molecular flexibility index (Phi) is 4.85. The molecule has 1 amide bonds. The highest BCUT2D eigenvalue weighted by atomic mass is 16.6. The van der Waals surface area contributed by atoms with E-state index in [1.54, 1.807) is 0 Å². The summed E-state index contributed by atoms with van der Waals surface area (Å²) in [5.74, 6) is 5.52. The van der Waals surface area contributed by atoms with Gasteiger partial charge in [0.05, 0.1) is 6.33 Å². The highest BCUT2D eigenvalue weighted by Gasteiger charge is 2.47. The Morgan fingerprint density at radius 1 is 1.21 bits per heavy atom. The van der Waals surface area contributed by atoms with Gasteiger partial charge in [0.25, 0.3) is 5.91 Å². The Morgan fingerprint density at radius 2 is 1.97 bits per heavy atom. The summed E-state index contributed by atoms with van der Waals surface area (Å²) in [4.78, 5) is 24.6. The number of aliphatic hydroxyl groups excluding tert-OH is 2. The molecular formula is C19H18N6O4. The minimum Gasteiger partial charge on any atom is -0.387 e. The van der Waals surface area contributed by atoms with E-state index in [-0.39, 0.29) is 17.3 Å². The van der Waals surface area contributed by atoms with Crippen molar-refractivity contribution in [3.05, 3.63) is 48.0 Å². The predicted octanol–water partition coefficient (Wildman–Crippen LogP) is -0.826. The third-order valence-electron chi connectivity index (χ3n) is 4.56. The van der Waals surface area contributed by atoms with Crippen molar-refractivity contribution in [2.24, 2.45) is 0 Å². The normalized spacial score (nSPS) is 23.6. The Bertz CT molecular complexity index is 1120. The van der Waals surface area contributed by atoms with E-state index in [1.807, 2.05) is 30.3 Å². The third kappa shape index (κ3) is 3.38. The number of aromatic nitrogens is 4. The van der Waals surface area contributed by atoms with Crippen molar-refractivity contribution in [2.45, 2.75) is 24.5 Å². The minimum atomic E-state index is -1.41. The van der Waals surface area contributed by atoms with Crippen LogP contribution in [-0.4, -0.2) is 61.0 Å². The van der Waals surface area contributed by atoms with Gasteiger partial charge in [0.15, 0.2) is 23.8 Å². The van der Waals surface area contributed by atoms with E-state index in [0.717, 1.165) is 5.56 Å². The van der Waals surface area contributed by atoms with Crippen molar-refractivity contribution < 1.29 is 19.7 Å². The number of hydrogen-bond donors (Lipinski definition) is 4. The molecule has 3 aromatic rings. The summed E-state index contributed by atoms with van der Waals surface area (Å²) in [5, 5.41) is 22.9. The standard InChI is InChI=1S/C19H18N6O4/c1-21-18(28)15-13(26)14(27)19(29-15)25-9-22-12-16(20)23-11(24-17(12)25)8-7-10-5-3-2-4-6-10/h2-6,9,13-15,19,26-27H,1H3,(H,21,28)(H2,20,23,24)/t13-,14+,15-,19+/m0/s1. The van der Waals surface area contributed by atoms with Crippen molar-refractivity contribution in [1.82, 2.24) is 24.8 Å². The zero-order chi connectivity index (χ0) is 20.5. The summed E-state index contributed by atoms with van der Waals surface area (Å²) in [5.41, 5.74) is 7.33. The molecule has 1 aliphatic rings. The lowest BCUT2D eigenvalue weighted by atomic mass is 10.1. The summed E-state index contributed by atoms with van der Waals surface area (Å²) >= 11 is 0. The lowest BCUT2D eigenvalue weighted by Crippen LogP contribution is -2.41. The van der Waals surface area contributed by atoms with Gasteiger partial charge in [-0.1, -0.05) is 24.1 Å². The van der Waals surface area contributed by atoms with Gasteiger partial charge in [-0.05, 0) is 18.1 Å². The number of hydrogen-bond acceptors (Lipinski definition) is 8. The number of rotatable bonds is 2. The zero-order valence-electron chi connectivity index (χ0n) is 15.4. The van der Waals surface area contributed by atoms with Crippen LogP contribution in [0.4, 0.5) is 5.82 Å². The Hall–Kier alpha value is -3.52. The van der Waals surface area contributed by atoms with Crippen molar-refractivity contribution in [2.75, 3.05) is 12.8 Å². The molecule has 4 rings (SSSR count). The van der Waals surface area contributed by atoms with Crippen LogP contribution in [0.5, 0.6) is 0 Å². The molecule has 4 atom stereocenters. The average molecular weight is 394 g/mol. The van der Waals surface area contributed by atoms with Crippen LogP contribution in [0.15, 0.2) is 36.7 Å². The van der Waals surface area contributed by atoms with Gasteiger partial charge in [0.2, 0.25) is 5.82 Å². The number of imidazole rings is 1. The smallest absolute Gasteiger partial charge is 0.251 e.